The third-order valence-corrected chi connectivity index (χ3v) is 8.28. The van der Waals surface area contributed by atoms with Gasteiger partial charge in [-0.25, -0.2) is 4.39 Å². The van der Waals surface area contributed by atoms with Gasteiger partial charge in [-0.2, -0.15) is 13.2 Å². The minimum absolute atomic E-state index is 0.0319. The van der Waals surface area contributed by atoms with E-state index in [2.05, 4.69) is 10.2 Å². The highest BCUT2D eigenvalue weighted by Crippen LogP contribution is 2.43. The molecule has 0 aliphatic carbocycles. The van der Waals surface area contributed by atoms with Crippen LogP contribution in [0.1, 0.15) is 34.0 Å². The van der Waals surface area contributed by atoms with Gasteiger partial charge in [-0.15, -0.1) is 11.8 Å². The van der Waals surface area contributed by atoms with Crippen LogP contribution in [0.2, 0.25) is 0 Å². The number of amides is 2. The van der Waals surface area contributed by atoms with Gasteiger partial charge in [0.15, 0.2) is 0 Å². The van der Waals surface area contributed by atoms with Crippen molar-refractivity contribution in [2.75, 3.05) is 51.3 Å². The molecule has 2 fully saturated rings. The Morgan fingerprint density at radius 2 is 1.74 bits per heavy atom. The largest absolute Gasteiger partial charge is 0.404 e. The Balaban J connectivity index is 1.20. The lowest BCUT2D eigenvalue weighted by atomic mass is 9.97. The van der Waals surface area contributed by atoms with E-state index in [0.717, 1.165) is 25.9 Å². The molecule has 2 aromatic carbocycles. The van der Waals surface area contributed by atoms with Crippen LogP contribution in [0.15, 0.2) is 48.5 Å². The molecule has 1 unspecified atom stereocenters. The number of piperidine rings is 1. The Morgan fingerprint density at radius 3 is 2.32 bits per heavy atom. The molecule has 0 saturated carbocycles. The van der Waals surface area contributed by atoms with E-state index in [9.17, 15) is 27.2 Å². The van der Waals surface area contributed by atoms with Gasteiger partial charge in [0.05, 0.1) is 17.4 Å². The lowest BCUT2D eigenvalue weighted by molar-refractivity contribution is -0.131. The number of thioether (sulfide) groups is 1. The van der Waals surface area contributed by atoms with Crippen molar-refractivity contribution in [2.24, 2.45) is 0 Å². The van der Waals surface area contributed by atoms with Crippen LogP contribution < -0.4 is 5.32 Å². The number of hydrogen-bond acceptors (Lipinski definition) is 5. The lowest BCUT2D eigenvalue weighted by Gasteiger charge is -2.47. The first-order valence-electron chi connectivity index (χ1n) is 12.6. The zero-order valence-electron chi connectivity index (χ0n) is 21.4. The summed E-state index contributed by atoms with van der Waals surface area (Å²) in [6.07, 6.45) is -2.90. The molecule has 2 aliphatic rings. The van der Waals surface area contributed by atoms with Gasteiger partial charge in [-0.1, -0.05) is 30.3 Å². The number of alkyl halides is 3. The smallest absolute Gasteiger partial charge is 0.380 e. The van der Waals surface area contributed by atoms with Crippen molar-refractivity contribution < 1.29 is 27.2 Å². The van der Waals surface area contributed by atoms with Gasteiger partial charge in [0.1, 0.15) is 11.1 Å². The number of anilines is 1. The van der Waals surface area contributed by atoms with E-state index in [1.807, 2.05) is 0 Å². The number of carbonyl (C=O) groups is 2. The fourth-order valence-electron chi connectivity index (χ4n) is 4.89. The number of hydrogen-bond donors (Lipinski definition) is 1. The molecule has 2 amide bonds. The second kappa shape index (κ2) is 11.9. The molecule has 2 saturated heterocycles. The van der Waals surface area contributed by atoms with Crippen molar-refractivity contribution in [3.63, 3.8) is 0 Å². The first-order valence-corrected chi connectivity index (χ1v) is 13.6. The predicted octanol–water partition coefficient (Wildman–Crippen LogP) is 4.65. The van der Waals surface area contributed by atoms with Gasteiger partial charge < -0.3 is 15.1 Å². The predicted molar refractivity (Wildman–Crippen MR) is 141 cm³/mol. The first kappa shape index (κ1) is 28.2. The summed E-state index contributed by atoms with van der Waals surface area (Å²) in [5.41, 5.74) is 0.802. The van der Waals surface area contributed by atoms with Crippen molar-refractivity contribution in [1.82, 2.24) is 14.7 Å². The molecule has 1 N–H and O–H groups in total. The zero-order chi connectivity index (χ0) is 27.4. The van der Waals surface area contributed by atoms with E-state index in [1.54, 1.807) is 43.3 Å². The number of rotatable bonds is 8. The van der Waals surface area contributed by atoms with Crippen LogP contribution in [0.5, 0.6) is 0 Å². The van der Waals surface area contributed by atoms with Crippen LogP contribution in [-0.4, -0.2) is 90.8 Å². The maximum Gasteiger partial charge on any atom is 0.404 e. The molecular weight excluding hydrogens is 520 g/mol. The second-order valence-electron chi connectivity index (χ2n) is 9.94. The maximum atomic E-state index is 14.4. The van der Waals surface area contributed by atoms with Crippen molar-refractivity contribution >= 4 is 29.3 Å². The zero-order valence-corrected chi connectivity index (χ0v) is 22.2. The van der Waals surface area contributed by atoms with Crippen molar-refractivity contribution in [3.05, 3.63) is 65.5 Å². The average Bonchev–Trinajstić information content (AvgIpc) is 2.85. The third kappa shape index (κ3) is 6.79. The second-order valence-corrected chi connectivity index (χ2v) is 11.0. The number of nitrogens with zero attached hydrogens (tertiary/aromatic N) is 3. The summed E-state index contributed by atoms with van der Waals surface area (Å²) in [4.78, 5) is 30.0. The van der Waals surface area contributed by atoms with Crippen molar-refractivity contribution in [2.45, 2.75) is 36.4 Å². The monoisotopic (exact) mass is 552 g/mol. The molecule has 38 heavy (non-hydrogen) atoms. The number of halogens is 4. The molecule has 11 heteroatoms. The standard InChI is InChI=1S/C27H32F4N4O2S/c1-33(2)26(37)22-9-8-19(14-23(22)28)32-20-15-35(16-20)21-10-12-34(13-11-21)24(36)17-38-25(27(29,30)31)18-6-4-3-5-7-18/h3-9,14,20-21,25,32H,10-13,15-17H2,1-2H3. The minimum atomic E-state index is -4.43. The summed E-state index contributed by atoms with van der Waals surface area (Å²) < 4.78 is 55.0. The van der Waals surface area contributed by atoms with Crippen LogP contribution in [0.4, 0.5) is 23.2 Å². The van der Waals surface area contributed by atoms with Crippen LogP contribution in [0, 0.1) is 5.82 Å². The summed E-state index contributed by atoms with van der Waals surface area (Å²) in [7, 11) is 3.15. The Kier molecular flexibility index (Phi) is 8.87. The molecule has 1 atom stereocenters. The van der Waals surface area contributed by atoms with Crippen molar-refractivity contribution in [1.29, 1.82) is 0 Å². The summed E-state index contributed by atoms with van der Waals surface area (Å²) in [5, 5.41) is 1.57. The quantitative estimate of drug-likeness (QED) is 0.484. The first-order chi connectivity index (χ1) is 18.0. The fourth-order valence-corrected chi connectivity index (χ4v) is 5.92. The number of benzene rings is 2. The SMILES string of the molecule is CN(C)C(=O)c1ccc(NC2CN(C3CCN(C(=O)CSC(c4ccccc4)C(F)(F)F)CC3)C2)cc1F. The van der Waals surface area contributed by atoms with Crippen LogP contribution >= 0.6 is 11.8 Å². The normalized spacial score (nSPS) is 18.1. The molecule has 0 spiro atoms. The fraction of sp³-hybridized carbons (Fsp3) is 0.481. The Bertz CT molecular complexity index is 1120. The molecule has 206 valence electrons. The van der Waals surface area contributed by atoms with Crippen molar-refractivity contribution in [3.8, 4) is 0 Å². The van der Waals surface area contributed by atoms with Gasteiger partial charge in [0.25, 0.3) is 5.91 Å². The molecule has 6 nitrogen and oxygen atoms in total. The van der Waals surface area contributed by atoms with E-state index in [1.165, 1.54) is 29.2 Å². The molecule has 0 radical (unpaired) electrons. The van der Waals surface area contributed by atoms with E-state index in [-0.39, 0.29) is 34.7 Å². The molecule has 4 rings (SSSR count). The van der Waals surface area contributed by atoms with E-state index >= 15 is 0 Å². The molecular formula is C27H32F4N4O2S. The van der Waals surface area contributed by atoms with Gasteiger partial charge in [-0.3, -0.25) is 14.5 Å². The van der Waals surface area contributed by atoms with Gasteiger partial charge in [-0.05, 0) is 36.6 Å². The lowest BCUT2D eigenvalue weighted by Crippen LogP contribution is -2.60. The van der Waals surface area contributed by atoms with Crippen LogP contribution in [-0.2, 0) is 4.79 Å². The average molecular weight is 553 g/mol. The Hall–Kier alpha value is -2.79. The summed E-state index contributed by atoms with van der Waals surface area (Å²) in [6.45, 7) is 2.60. The summed E-state index contributed by atoms with van der Waals surface area (Å²) >= 11 is 0.629. The van der Waals surface area contributed by atoms with E-state index < -0.39 is 17.2 Å². The molecule has 0 aromatic heterocycles. The summed E-state index contributed by atoms with van der Waals surface area (Å²) in [5.74, 6) is -1.43. The van der Waals surface area contributed by atoms with Crippen LogP contribution in [0.3, 0.4) is 0 Å². The highest BCUT2D eigenvalue weighted by molar-refractivity contribution is 8.00. The number of likely N-dealkylation sites (tertiary alicyclic amines) is 2. The Morgan fingerprint density at radius 1 is 1.08 bits per heavy atom. The molecule has 0 bridgehead atoms. The number of nitrogens with one attached hydrogen (secondary N) is 1. The van der Waals surface area contributed by atoms with Gasteiger partial charge >= 0.3 is 6.18 Å². The van der Waals surface area contributed by atoms with Crippen LogP contribution in [0.25, 0.3) is 0 Å². The molecule has 2 aliphatic heterocycles. The molecule has 2 aromatic rings. The van der Waals surface area contributed by atoms with Gasteiger partial charge in [0, 0.05) is 52.0 Å². The third-order valence-electron chi connectivity index (χ3n) is 6.99. The number of carbonyl (C=O) groups excluding carboxylic acids is 2. The molecule has 2 heterocycles. The highest BCUT2D eigenvalue weighted by atomic mass is 32.2. The Labute approximate surface area is 224 Å². The van der Waals surface area contributed by atoms with Gasteiger partial charge in [0.2, 0.25) is 5.91 Å². The summed E-state index contributed by atoms with van der Waals surface area (Å²) in [6, 6.07) is 12.7. The topological polar surface area (TPSA) is 55.9 Å². The highest BCUT2D eigenvalue weighted by Gasteiger charge is 2.42. The van der Waals surface area contributed by atoms with E-state index in [0.29, 0.717) is 36.6 Å². The minimum Gasteiger partial charge on any atom is -0.380 e. The van der Waals surface area contributed by atoms with E-state index in [4.69, 9.17) is 0 Å². The maximum absolute atomic E-state index is 14.4.